The van der Waals surface area contributed by atoms with Crippen LogP contribution in [0.3, 0.4) is 0 Å². The van der Waals surface area contributed by atoms with Crippen molar-refractivity contribution in [2.45, 2.75) is 19.3 Å². The highest BCUT2D eigenvalue weighted by atomic mass is 32.1. The predicted octanol–water partition coefficient (Wildman–Crippen LogP) is 27.5. The summed E-state index contributed by atoms with van der Waals surface area (Å²) in [6, 6.07) is 127. The summed E-state index contributed by atoms with van der Waals surface area (Å²) in [4.78, 5) is 11.4. The number of nitrogens with zero attached hydrogens (tertiary/aromatic N) is 5. The average molecular weight is 1390 g/mol. The molecule has 0 bridgehead atoms. The van der Waals surface area contributed by atoms with E-state index in [0.29, 0.717) is 5.82 Å². The molecule has 6 nitrogen and oxygen atoms in total. The number of furan rings is 1. The Bertz CT molecular complexity index is 7620. The number of fused-ring (bicyclic) bond motifs is 19. The third-order valence-corrected chi connectivity index (χ3v) is 24.4. The standard InChI is InChI=1S/C101H63N5OS/c1-101(2)86-30-9-3-24-73(86)74-43-36-65(57-87(74)101)62-40-47-93-82(53-62)75-25-5-11-32-90(75)105(93)71-22-16-19-68(51-71)99-85-56-61(60-18-15-21-70(50-60)104-89-31-10-4-26-76(89)83-54-63(41-48-92(83)104)66-37-44-79-78-28-7-13-34-95(78)107-96(79)58-66)39-46-88(85)102-100(103-99)69-20-17-23-72(52-69)106-91-33-12-6-27-77(91)84-55-64(42-49-94(84)106)67-38-45-81-80-29-8-14-35-97(80)108-98(81)59-67/h3-59H,1-2H3. The van der Waals surface area contributed by atoms with Crippen LogP contribution in [-0.2, 0) is 5.41 Å². The van der Waals surface area contributed by atoms with Gasteiger partial charge in [-0.15, -0.1) is 11.3 Å². The molecule has 108 heavy (non-hydrogen) atoms. The van der Waals surface area contributed by atoms with E-state index in [1.165, 1.54) is 97.0 Å². The van der Waals surface area contributed by atoms with Gasteiger partial charge in [0, 0.05) is 102 Å². The SMILES string of the molecule is CC1(C)c2ccccc2-c2ccc(-c3ccc4c(c3)c3ccccc3n4-c3cccc(-c4nc(-c5cccc(-n6c7ccccc7c7cc(-c8ccc9c(c8)sc8ccccc89)ccc76)c5)nc5ccc(-c6cccc(-n7c8ccccc8c8cc(-c9ccc%10c(c9)oc9ccccc9%10)ccc87)c6)cc45)c3)cc21. The molecule has 0 unspecified atom stereocenters. The van der Waals surface area contributed by atoms with Gasteiger partial charge in [0.1, 0.15) is 11.2 Å². The molecule has 0 fully saturated rings. The number of benzene rings is 16. The van der Waals surface area contributed by atoms with E-state index in [0.717, 1.165) is 122 Å². The zero-order valence-corrected chi connectivity index (χ0v) is 59.8. The number of thiophene rings is 1. The fourth-order valence-electron chi connectivity index (χ4n) is 18.0. The highest BCUT2D eigenvalue weighted by Gasteiger charge is 2.35. The molecule has 0 aliphatic heterocycles. The molecule has 1 aliphatic rings. The molecule has 504 valence electrons. The number of para-hydroxylation sites is 4. The minimum Gasteiger partial charge on any atom is -0.456 e. The van der Waals surface area contributed by atoms with E-state index >= 15 is 0 Å². The van der Waals surface area contributed by atoms with Crippen LogP contribution in [0.2, 0.25) is 0 Å². The van der Waals surface area contributed by atoms with Crippen molar-refractivity contribution in [3.63, 3.8) is 0 Å². The van der Waals surface area contributed by atoms with Gasteiger partial charge in [-0.2, -0.15) is 0 Å². The lowest BCUT2D eigenvalue weighted by atomic mass is 9.81. The third kappa shape index (κ3) is 9.19. The summed E-state index contributed by atoms with van der Waals surface area (Å²) in [5.41, 5.74) is 29.9. The molecule has 6 heterocycles. The molecule has 16 aromatic carbocycles. The van der Waals surface area contributed by atoms with Gasteiger partial charge in [-0.05, 0) is 206 Å². The third-order valence-electron chi connectivity index (χ3n) is 23.2. The van der Waals surface area contributed by atoms with Crippen molar-refractivity contribution < 1.29 is 4.42 Å². The van der Waals surface area contributed by atoms with Gasteiger partial charge in [0.25, 0.3) is 0 Å². The smallest absolute Gasteiger partial charge is 0.160 e. The summed E-state index contributed by atoms with van der Waals surface area (Å²) in [6.45, 7) is 4.72. The molecule has 22 aromatic rings. The average Bonchev–Trinajstić information content (AvgIpc) is 1.59. The van der Waals surface area contributed by atoms with Crippen LogP contribution in [0.25, 0.3) is 214 Å². The van der Waals surface area contributed by atoms with Gasteiger partial charge in [0.15, 0.2) is 5.82 Å². The zero-order valence-electron chi connectivity index (χ0n) is 59.0. The Morgan fingerprint density at radius 2 is 0.685 bits per heavy atom. The first-order valence-corrected chi connectivity index (χ1v) is 37.9. The number of aromatic nitrogens is 5. The second kappa shape index (κ2) is 23.1. The van der Waals surface area contributed by atoms with Gasteiger partial charge < -0.3 is 18.1 Å². The fourth-order valence-corrected chi connectivity index (χ4v) is 19.2. The first-order valence-electron chi connectivity index (χ1n) is 37.1. The van der Waals surface area contributed by atoms with Crippen LogP contribution in [0.15, 0.2) is 350 Å². The summed E-state index contributed by atoms with van der Waals surface area (Å²) < 4.78 is 16.2. The second-order valence-electron chi connectivity index (χ2n) is 29.6. The fraction of sp³-hybridized carbons (Fsp3) is 0.0297. The molecule has 0 radical (unpaired) electrons. The predicted molar refractivity (Wildman–Crippen MR) is 453 cm³/mol. The van der Waals surface area contributed by atoms with E-state index in [-0.39, 0.29) is 5.41 Å². The summed E-state index contributed by atoms with van der Waals surface area (Å²) in [5.74, 6) is 0.645. The van der Waals surface area contributed by atoms with Gasteiger partial charge in [0.05, 0.1) is 44.3 Å². The van der Waals surface area contributed by atoms with E-state index in [4.69, 9.17) is 14.4 Å². The molecule has 7 heteroatoms. The first-order chi connectivity index (χ1) is 53.2. The van der Waals surface area contributed by atoms with Crippen LogP contribution in [0, 0.1) is 0 Å². The Kier molecular flexibility index (Phi) is 13.0. The molecular weight excluding hydrogens is 1330 g/mol. The topological polar surface area (TPSA) is 53.7 Å². The van der Waals surface area contributed by atoms with Gasteiger partial charge in [0.2, 0.25) is 0 Å². The Morgan fingerprint density at radius 1 is 0.259 bits per heavy atom. The van der Waals surface area contributed by atoms with Crippen LogP contribution in [0.4, 0.5) is 0 Å². The van der Waals surface area contributed by atoms with Gasteiger partial charge in [-0.1, -0.05) is 220 Å². The van der Waals surface area contributed by atoms with Crippen molar-refractivity contribution in [1.82, 2.24) is 23.7 Å². The molecule has 0 spiro atoms. The summed E-state index contributed by atoms with van der Waals surface area (Å²) in [5, 5.41) is 13.0. The van der Waals surface area contributed by atoms with E-state index in [1.54, 1.807) is 0 Å². The van der Waals surface area contributed by atoms with Crippen LogP contribution in [-0.4, -0.2) is 23.7 Å². The molecule has 0 atom stereocenters. The quantitative estimate of drug-likeness (QED) is 0.145. The molecule has 6 aromatic heterocycles. The van der Waals surface area contributed by atoms with Crippen molar-refractivity contribution in [3.8, 4) is 95.3 Å². The maximum absolute atomic E-state index is 6.38. The van der Waals surface area contributed by atoms with E-state index in [9.17, 15) is 0 Å². The van der Waals surface area contributed by atoms with Crippen LogP contribution < -0.4 is 0 Å². The molecular formula is C101H63N5OS. The summed E-state index contributed by atoms with van der Waals surface area (Å²) in [6.07, 6.45) is 0. The first kappa shape index (κ1) is 60.7. The Balaban J connectivity index is 0.659. The Hall–Kier alpha value is -13.7. The van der Waals surface area contributed by atoms with E-state index in [1.807, 2.05) is 23.5 Å². The van der Waals surface area contributed by atoms with Crippen molar-refractivity contribution in [1.29, 1.82) is 0 Å². The van der Waals surface area contributed by atoms with Crippen molar-refractivity contribution in [2.75, 3.05) is 0 Å². The molecule has 0 N–H and O–H groups in total. The minimum atomic E-state index is -0.104. The highest BCUT2D eigenvalue weighted by molar-refractivity contribution is 7.25. The molecule has 0 saturated heterocycles. The lowest BCUT2D eigenvalue weighted by molar-refractivity contribution is 0.660. The van der Waals surface area contributed by atoms with Crippen molar-refractivity contribution in [3.05, 3.63) is 357 Å². The van der Waals surface area contributed by atoms with Gasteiger partial charge >= 0.3 is 0 Å². The summed E-state index contributed by atoms with van der Waals surface area (Å²) in [7, 11) is 0. The molecule has 23 rings (SSSR count). The van der Waals surface area contributed by atoms with Crippen LogP contribution in [0.1, 0.15) is 25.0 Å². The lowest BCUT2D eigenvalue weighted by Crippen LogP contribution is -2.14. The number of hydrogen-bond donors (Lipinski definition) is 0. The second-order valence-corrected chi connectivity index (χ2v) is 30.7. The Morgan fingerprint density at radius 3 is 1.33 bits per heavy atom. The molecule has 1 aliphatic carbocycles. The number of rotatable bonds is 9. The summed E-state index contributed by atoms with van der Waals surface area (Å²) >= 11 is 1.86. The van der Waals surface area contributed by atoms with E-state index in [2.05, 4.69) is 361 Å². The monoisotopic (exact) mass is 1390 g/mol. The van der Waals surface area contributed by atoms with Crippen LogP contribution >= 0.6 is 11.3 Å². The Labute approximate surface area is 625 Å². The maximum Gasteiger partial charge on any atom is 0.160 e. The van der Waals surface area contributed by atoms with Crippen molar-refractivity contribution in [2.24, 2.45) is 0 Å². The number of hydrogen-bond acceptors (Lipinski definition) is 4. The zero-order chi connectivity index (χ0) is 71.0. The minimum absolute atomic E-state index is 0.104. The lowest BCUT2D eigenvalue weighted by Gasteiger charge is -2.22. The van der Waals surface area contributed by atoms with E-state index < -0.39 is 0 Å². The highest BCUT2D eigenvalue weighted by Crippen LogP contribution is 2.51. The normalized spacial score (nSPS) is 12.8. The van der Waals surface area contributed by atoms with Gasteiger partial charge in [-0.25, -0.2) is 9.97 Å². The maximum atomic E-state index is 6.38. The largest absolute Gasteiger partial charge is 0.456 e. The molecule has 0 amide bonds. The van der Waals surface area contributed by atoms with Gasteiger partial charge in [-0.3, -0.25) is 0 Å². The molecule has 0 saturated carbocycles. The van der Waals surface area contributed by atoms with Crippen molar-refractivity contribution >= 4 is 130 Å². The van der Waals surface area contributed by atoms with Crippen LogP contribution in [0.5, 0.6) is 0 Å².